The van der Waals surface area contributed by atoms with Crippen molar-refractivity contribution in [2.75, 3.05) is 5.32 Å². The van der Waals surface area contributed by atoms with Gasteiger partial charge < -0.3 is 9.47 Å². The summed E-state index contributed by atoms with van der Waals surface area (Å²) in [6.45, 7) is 5.70. The molecule has 0 fully saturated rings. The summed E-state index contributed by atoms with van der Waals surface area (Å²) in [5.41, 5.74) is 0.0301. The number of hydrogen-bond donors (Lipinski definition) is 1. The fraction of sp³-hybridized carbons (Fsp3) is 0.333. The molecule has 0 aliphatic carbocycles. The van der Waals surface area contributed by atoms with Crippen molar-refractivity contribution >= 4 is 18.3 Å². The Morgan fingerprint density at radius 3 is 2.29 bits per heavy atom. The molecule has 0 aliphatic heterocycles. The van der Waals surface area contributed by atoms with Crippen LogP contribution in [0.5, 0.6) is 5.75 Å². The maximum atomic E-state index is 11.4. The van der Waals surface area contributed by atoms with Crippen LogP contribution >= 0.6 is 0 Å². The third kappa shape index (κ3) is 5.01. The van der Waals surface area contributed by atoms with E-state index in [1.807, 2.05) is 0 Å². The molecule has 0 atom stereocenters. The van der Waals surface area contributed by atoms with E-state index in [0.717, 1.165) is 0 Å². The number of rotatable bonds is 3. The van der Waals surface area contributed by atoms with Crippen LogP contribution in [0.25, 0.3) is 0 Å². The van der Waals surface area contributed by atoms with Gasteiger partial charge in [0, 0.05) is 5.69 Å². The van der Waals surface area contributed by atoms with Crippen LogP contribution in [0.4, 0.5) is 10.5 Å². The van der Waals surface area contributed by atoms with Crippen LogP contribution < -0.4 is 10.1 Å². The number of amides is 1. The smallest absolute Gasteiger partial charge is 0.412 e. The first kappa shape index (κ1) is 13.0. The van der Waals surface area contributed by atoms with Crippen molar-refractivity contribution in [3.05, 3.63) is 24.3 Å². The molecule has 0 radical (unpaired) electrons. The zero-order valence-electron chi connectivity index (χ0n) is 10.0. The highest BCUT2D eigenvalue weighted by Crippen LogP contribution is 2.16. The molecular formula is C12H15NO4. The molecule has 0 saturated heterocycles. The summed E-state index contributed by atoms with van der Waals surface area (Å²) >= 11 is 0. The number of benzene rings is 1. The average molecular weight is 237 g/mol. The molecule has 1 rings (SSSR count). The fourth-order valence-electron chi connectivity index (χ4n) is 1.09. The molecule has 5 heteroatoms. The summed E-state index contributed by atoms with van der Waals surface area (Å²) in [7, 11) is 0. The molecule has 0 spiro atoms. The highest BCUT2D eigenvalue weighted by Gasteiger charge is 2.15. The Bertz CT molecular complexity index is 392. The SMILES string of the molecule is CC(C)(C)OC(=O)Nc1ccc(OC=O)cc1. The van der Waals surface area contributed by atoms with E-state index in [0.29, 0.717) is 17.9 Å². The predicted molar refractivity (Wildman–Crippen MR) is 63.0 cm³/mol. The van der Waals surface area contributed by atoms with Crippen molar-refractivity contribution < 1.29 is 19.1 Å². The van der Waals surface area contributed by atoms with Gasteiger partial charge in [-0.3, -0.25) is 10.1 Å². The molecule has 0 unspecified atom stereocenters. The Morgan fingerprint density at radius 1 is 1.24 bits per heavy atom. The Labute approximate surface area is 99.7 Å². The van der Waals surface area contributed by atoms with Gasteiger partial charge in [0.1, 0.15) is 11.4 Å². The van der Waals surface area contributed by atoms with Crippen LogP contribution in [0.3, 0.4) is 0 Å². The monoisotopic (exact) mass is 237 g/mol. The van der Waals surface area contributed by atoms with E-state index in [1.54, 1.807) is 45.0 Å². The Hall–Kier alpha value is -2.04. The largest absolute Gasteiger partial charge is 0.444 e. The van der Waals surface area contributed by atoms with Gasteiger partial charge in [-0.2, -0.15) is 0 Å². The van der Waals surface area contributed by atoms with E-state index in [1.165, 1.54) is 0 Å². The van der Waals surface area contributed by atoms with Crippen LogP contribution in [0.2, 0.25) is 0 Å². The molecule has 5 nitrogen and oxygen atoms in total. The van der Waals surface area contributed by atoms with Crippen molar-refractivity contribution in [2.45, 2.75) is 26.4 Å². The molecule has 1 amide bonds. The van der Waals surface area contributed by atoms with Crippen molar-refractivity contribution in [3.8, 4) is 5.75 Å². The number of anilines is 1. The lowest BCUT2D eigenvalue weighted by Gasteiger charge is -2.19. The minimum absolute atomic E-state index is 0.344. The van der Waals surface area contributed by atoms with Gasteiger partial charge in [-0.05, 0) is 45.0 Å². The van der Waals surface area contributed by atoms with Gasteiger partial charge >= 0.3 is 6.09 Å². The highest BCUT2D eigenvalue weighted by molar-refractivity contribution is 5.84. The first-order valence-corrected chi connectivity index (χ1v) is 5.11. The van der Waals surface area contributed by atoms with Gasteiger partial charge in [0.05, 0.1) is 0 Å². The van der Waals surface area contributed by atoms with Gasteiger partial charge in [-0.25, -0.2) is 4.79 Å². The quantitative estimate of drug-likeness (QED) is 0.820. The fourth-order valence-corrected chi connectivity index (χ4v) is 1.09. The van der Waals surface area contributed by atoms with Crippen molar-refractivity contribution in [1.29, 1.82) is 0 Å². The normalized spacial score (nSPS) is 10.5. The van der Waals surface area contributed by atoms with Crippen molar-refractivity contribution in [2.24, 2.45) is 0 Å². The van der Waals surface area contributed by atoms with Gasteiger partial charge in [0.25, 0.3) is 6.47 Å². The van der Waals surface area contributed by atoms with Gasteiger partial charge in [-0.15, -0.1) is 0 Å². The van der Waals surface area contributed by atoms with E-state index in [2.05, 4.69) is 10.1 Å². The van der Waals surface area contributed by atoms with Gasteiger partial charge in [0.15, 0.2) is 0 Å². The number of carbonyl (C=O) groups excluding carboxylic acids is 2. The van der Waals surface area contributed by atoms with Crippen LogP contribution in [0, 0.1) is 0 Å². The van der Waals surface area contributed by atoms with E-state index < -0.39 is 11.7 Å². The zero-order valence-corrected chi connectivity index (χ0v) is 10.0. The van der Waals surface area contributed by atoms with Crippen LogP contribution in [-0.4, -0.2) is 18.2 Å². The number of carbonyl (C=O) groups is 2. The second-order valence-corrected chi connectivity index (χ2v) is 4.37. The second-order valence-electron chi connectivity index (χ2n) is 4.37. The molecular weight excluding hydrogens is 222 g/mol. The minimum Gasteiger partial charge on any atom is -0.444 e. The van der Waals surface area contributed by atoms with Crippen LogP contribution in [-0.2, 0) is 9.53 Å². The molecule has 1 N–H and O–H groups in total. The standard InChI is InChI=1S/C12H15NO4/c1-12(2,3)17-11(15)13-9-4-6-10(7-5-9)16-8-14/h4-8H,1-3H3,(H,13,15). The first-order valence-electron chi connectivity index (χ1n) is 5.11. The predicted octanol–water partition coefficient (Wildman–Crippen LogP) is 2.57. The summed E-state index contributed by atoms with van der Waals surface area (Å²) in [6, 6.07) is 6.37. The van der Waals surface area contributed by atoms with Crippen molar-refractivity contribution in [3.63, 3.8) is 0 Å². The van der Waals surface area contributed by atoms with E-state index >= 15 is 0 Å². The minimum atomic E-state index is -0.537. The lowest BCUT2D eigenvalue weighted by Crippen LogP contribution is -2.27. The Kier molecular flexibility index (Phi) is 4.09. The highest BCUT2D eigenvalue weighted by atomic mass is 16.6. The molecule has 1 aromatic rings. The van der Waals surface area contributed by atoms with E-state index in [-0.39, 0.29) is 0 Å². The zero-order chi connectivity index (χ0) is 12.9. The third-order valence-electron chi connectivity index (χ3n) is 1.68. The third-order valence-corrected chi connectivity index (χ3v) is 1.68. The molecule has 1 aromatic carbocycles. The molecule has 0 aromatic heterocycles. The summed E-state index contributed by atoms with van der Waals surface area (Å²) in [5, 5.41) is 2.56. The van der Waals surface area contributed by atoms with E-state index in [4.69, 9.17) is 4.74 Å². The van der Waals surface area contributed by atoms with Gasteiger partial charge in [0.2, 0.25) is 0 Å². The summed E-state index contributed by atoms with van der Waals surface area (Å²) in [5.74, 6) is 0.412. The van der Waals surface area contributed by atoms with E-state index in [9.17, 15) is 9.59 Å². The maximum Gasteiger partial charge on any atom is 0.412 e. The number of nitrogens with one attached hydrogen (secondary N) is 1. The molecule has 0 heterocycles. The summed E-state index contributed by atoms with van der Waals surface area (Å²) in [6.07, 6.45) is -0.526. The molecule has 17 heavy (non-hydrogen) atoms. The lowest BCUT2D eigenvalue weighted by atomic mass is 10.2. The lowest BCUT2D eigenvalue weighted by molar-refractivity contribution is -0.120. The first-order chi connectivity index (χ1) is 7.90. The number of ether oxygens (including phenoxy) is 2. The Balaban J connectivity index is 2.57. The molecule has 0 aliphatic rings. The molecule has 92 valence electrons. The maximum absolute atomic E-state index is 11.4. The van der Waals surface area contributed by atoms with Crippen LogP contribution in [0.1, 0.15) is 20.8 Å². The molecule has 0 bridgehead atoms. The second kappa shape index (κ2) is 5.34. The average Bonchev–Trinajstić information content (AvgIpc) is 2.18. The Morgan fingerprint density at radius 2 is 1.82 bits per heavy atom. The summed E-state index contributed by atoms with van der Waals surface area (Å²) in [4.78, 5) is 21.5. The van der Waals surface area contributed by atoms with Crippen molar-refractivity contribution in [1.82, 2.24) is 0 Å². The summed E-state index contributed by atoms with van der Waals surface area (Å²) < 4.78 is 9.70. The topological polar surface area (TPSA) is 64.6 Å². The molecule has 0 saturated carbocycles. The van der Waals surface area contributed by atoms with Crippen LogP contribution in [0.15, 0.2) is 24.3 Å². The van der Waals surface area contributed by atoms with Gasteiger partial charge in [-0.1, -0.05) is 0 Å². The number of hydrogen-bond acceptors (Lipinski definition) is 4.